The van der Waals surface area contributed by atoms with Crippen LogP contribution in [0.5, 0.6) is 0 Å². The maximum atomic E-state index is 11.2. The first-order valence-electron chi connectivity index (χ1n) is 7.33. The topological polar surface area (TPSA) is 38.3 Å². The van der Waals surface area contributed by atoms with Crippen molar-refractivity contribution >= 4 is 21.9 Å². The molecule has 1 aromatic rings. The molecule has 0 aliphatic heterocycles. The number of ether oxygens (including phenoxy) is 1. The van der Waals surface area contributed by atoms with Crippen molar-refractivity contribution in [3.63, 3.8) is 0 Å². The molecule has 0 amide bonds. The lowest BCUT2D eigenvalue weighted by molar-refractivity contribution is -0.143. The quantitative estimate of drug-likeness (QED) is 0.609. The first kappa shape index (κ1) is 15.5. The summed E-state index contributed by atoms with van der Waals surface area (Å²) >= 11 is 3.52. The smallest absolute Gasteiger partial charge is 0.305 e. The molecular weight excluding hydrogens is 318 g/mol. The Balaban J connectivity index is 1.59. The number of carbonyl (C=O) groups excluding carboxylic acids is 1. The summed E-state index contributed by atoms with van der Waals surface area (Å²) in [6.45, 7) is 3.21. The fraction of sp³-hybridized carbons (Fsp3) is 0.562. The molecule has 1 aromatic carbocycles. The van der Waals surface area contributed by atoms with Crippen molar-refractivity contribution in [3.05, 3.63) is 34.3 Å². The van der Waals surface area contributed by atoms with Gasteiger partial charge >= 0.3 is 5.97 Å². The highest BCUT2D eigenvalue weighted by molar-refractivity contribution is 9.10. The van der Waals surface area contributed by atoms with E-state index < -0.39 is 0 Å². The van der Waals surface area contributed by atoms with Gasteiger partial charge in [0.25, 0.3) is 0 Å². The third kappa shape index (κ3) is 4.60. The summed E-state index contributed by atoms with van der Waals surface area (Å²) in [5.41, 5.74) is 1.42. The van der Waals surface area contributed by atoms with Crippen LogP contribution in [0.4, 0.5) is 0 Å². The van der Waals surface area contributed by atoms with Crippen LogP contribution < -0.4 is 5.32 Å². The molecule has 1 aliphatic carbocycles. The summed E-state index contributed by atoms with van der Waals surface area (Å²) < 4.78 is 6.06. The molecule has 0 saturated heterocycles. The lowest BCUT2D eigenvalue weighted by atomic mass is 9.76. The standard InChI is InChI=1S/C16H22BrNO2/c1-2-20-16(19)7-4-8-18-15-10-13(11-15)12-5-3-6-14(17)9-12/h3,5-6,9,13,15,18H,2,4,7-8,10-11H2,1H3. The van der Waals surface area contributed by atoms with E-state index in [0.717, 1.165) is 17.4 Å². The van der Waals surface area contributed by atoms with Gasteiger partial charge in [-0.1, -0.05) is 28.1 Å². The minimum absolute atomic E-state index is 0.0880. The summed E-state index contributed by atoms with van der Waals surface area (Å²) in [4.78, 5) is 11.2. The molecule has 0 atom stereocenters. The molecule has 1 saturated carbocycles. The lowest BCUT2D eigenvalue weighted by Crippen LogP contribution is -2.40. The SMILES string of the molecule is CCOC(=O)CCCNC1CC(c2cccc(Br)c2)C1. The van der Waals surface area contributed by atoms with Crippen LogP contribution in [0, 0.1) is 0 Å². The van der Waals surface area contributed by atoms with E-state index in [9.17, 15) is 4.79 Å². The molecule has 1 aliphatic rings. The van der Waals surface area contributed by atoms with Gasteiger partial charge in [-0.3, -0.25) is 4.79 Å². The summed E-state index contributed by atoms with van der Waals surface area (Å²) in [5.74, 6) is 0.588. The molecule has 20 heavy (non-hydrogen) atoms. The van der Waals surface area contributed by atoms with Crippen LogP contribution in [0.15, 0.2) is 28.7 Å². The summed E-state index contributed by atoms with van der Waals surface area (Å²) in [6, 6.07) is 9.17. The van der Waals surface area contributed by atoms with Crippen LogP contribution in [0.3, 0.4) is 0 Å². The largest absolute Gasteiger partial charge is 0.466 e. The number of halogens is 1. The number of rotatable bonds is 7. The first-order valence-corrected chi connectivity index (χ1v) is 8.12. The first-order chi connectivity index (χ1) is 9.69. The van der Waals surface area contributed by atoms with Gasteiger partial charge in [-0.15, -0.1) is 0 Å². The maximum absolute atomic E-state index is 11.2. The van der Waals surface area contributed by atoms with Crippen molar-refractivity contribution in [1.29, 1.82) is 0 Å². The maximum Gasteiger partial charge on any atom is 0.305 e. The van der Waals surface area contributed by atoms with Gasteiger partial charge in [0.15, 0.2) is 0 Å². The van der Waals surface area contributed by atoms with Crippen LogP contribution in [0.25, 0.3) is 0 Å². The van der Waals surface area contributed by atoms with Crippen LogP contribution in [-0.2, 0) is 9.53 Å². The molecule has 0 unspecified atom stereocenters. The van der Waals surface area contributed by atoms with Crippen LogP contribution in [0.2, 0.25) is 0 Å². The zero-order valence-electron chi connectivity index (χ0n) is 11.9. The number of hydrogen-bond donors (Lipinski definition) is 1. The van der Waals surface area contributed by atoms with Crippen molar-refractivity contribution in [2.45, 2.75) is 44.6 Å². The van der Waals surface area contributed by atoms with E-state index in [4.69, 9.17) is 4.74 Å². The summed E-state index contributed by atoms with van der Waals surface area (Å²) in [7, 11) is 0. The Labute approximate surface area is 129 Å². The molecule has 0 spiro atoms. The van der Waals surface area contributed by atoms with E-state index in [-0.39, 0.29) is 5.97 Å². The number of esters is 1. The summed E-state index contributed by atoms with van der Waals surface area (Å²) in [6.07, 6.45) is 3.76. The van der Waals surface area contributed by atoms with Crippen LogP contribution in [0.1, 0.15) is 44.1 Å². The lowest BCUT2D eigenvalue weighted by Gasteiger charge is -2.36. The molecule has 0 heterocycles. The number of hydrogen-bond acceptors (Lipinski definition) is 3. The molecule has 0 radical (unpaired) electrons. The minimum Gasteiger partial charge on any atom is -0.466 e. The number of nitrogens with one attached hydrogen (secondary N) is 1. The van der Waals surface area contributed by atoms with Crippen molar-refractivity contribution in [2.75, 3.05) is 13.2 Å². The third-order valence-electron chi connectivity index (χ3n) is 3.75. The van der Waals surface area contributed by atoms with Crippen molar-refractivity contribution in [2.24, 2.45) is 0 Å². The van der Waals surface area contributed by atoms with E-state index >= 15 is 0 Å². The summed E-state index contributed by atoms with van der Waals surface area (Å²) in [5, 5.41) is 3.51. The number of benzene rings is 1. The highest BCUT2D eigenvalue weighted by Gasteiger charge is 2.29. The van der Waals surface area contributed by atoms with Gasteiger partial charge in [0.2, 0.25) is 0 Å². The van der Waals surface area contributed by atoms with E-state index in [2.05, 4.69) is 45.5 Å². The average Bonchev–Trinajstić information content (AvgIpc) is 2.36. The van der Waals surface area contributed by atoms with E-state index in [1.165, 1.54) is 18.4 Å². The molecule has 4 heteroatoms. The van der Waals surface area contributed by atoms with E-state index in [1.54, 1.807) is 0 Å². The molecule has 1 fully saturated rings. The van der Waals surface area contributed by atoms with Gasteiger partial charge < -0.3 is 10.1 Å². The van der Waals surface area contributed by atoms with Crippen molar-refractivity contribution in [1.82, 2.24) is 5.32 Å². The molecule has 1 N–H and O–H groups in total. The van der Waals surface area contributed by atoms with Crippen molar-refractivity contribution in [3.8, 4) is 0 Å². The van der Waals surface area contributed by atoms with Crippen LogP contribution in [-0.4, -0.2) is 25.2 Å². The van der Waals surface area contributed by atoms with Crippen LogP contribution >= 0.6 is 15.9 Å². The average molecular weight is 340 g/mol. The molecule has 0 bridgehead atoms. The monoisotopic (exact) mass is 339 g/mol. The zero-order chi connectivity index (χ0) is 14.4. The minimum atomic E-state index is -0.0880. The third-order valence-corrected chi connectivity index (χ3v) is 4.25. The Bertz CT molecular complexity index is 444. The predicted molar refractivity (Wildman–Crippen MR) is 83.8 cm³/mol. The number of carbonyl (C=O) groups is 1. The molecule has 3 nitrogen and oxygen atoms in total. The van der Waals surface area contributed by atoms with Crippen molar-refractivity contribution < 1.29 is 9.53 Å². The molecule has 0 aromatic heterocycles. The molecule has 110 valence electrons. The highest BCUT2D eigenvalue weighted by atomic mass is 79.9. The van der Waals surface area contributed by atoms with E-state index in [1.807, 2.05) is 6.92 Å². The Kier molecular flexibility index (Phi) is 6.05. The normalized spacial score (nSPS) is 21.3. The Hall–Kier alpha value is -0.870. The second-order valence-corrected chi connectivity index (χ2v) is 6.20. The Morgan fingerprint density at radius 3 is 2.95 bits per heavy atom. The predicted octanol–water partition coefficient (Wildman–Crippen LogP) is 3.63. The second-order valence-electron chi connectivity index (χ2n) is 5.28. The fourth-order valence-corrected chi connectivity index (χ4v) is 3.01. The molecule has 2 rings (SSSR count). The highest BCUT2D eigenvalue weighted by Crippen LogP contribution is 2.37. The van der Waals surface area contributed by atoms with Gasteiger partial charge in [-0.05, 0) is 56.3 Å². The van der Waals surface area contributed by atoms with Gasteiger partial charge in [-0.2, -0.15) is 0 Å². The Morgan fingerprint density at radius 1 is 1.45 bits per heavy atom. The van der Waals surface area contributed by atoms with Gasteiger partial charge in [0.05, 0.1) is 6.61 Å². The molecular formula is C16H22BrNO2. The second kappa shape index (κ2) is 7.79. The van der Waals surface area contributed by atoms with Gasteiger partial charge in [0, 0.05) is 16.9 Å². The fourth-order valence-electron chi connectivity index (χ4n) is 2.59. The zero-order valence-corrected chi connectivity index (χ0v) is 13.5. The van der Waals surface area contributed by atoms with Gasteiger partial charge in [-0.25, -0.2) is 0 Å². The Morgan fingerprint density at radius 2 is 2.25 bits per heavy atom. The van der Waals surface area contributed by atoms with E-state index in [0.29, 0.717) is 25.0 Å². The van der Waals surface area contributed by atoms with Gasteiger partial charge in [0.1, 0.15) is 0 Å².